The zero-order chi connectivity index (χ0) is 22.7. The predicted octanol–water partition coefficient (Wildman–Crippen LogP) is 3.41. The minimum absolute atomic E-state index is 0.216. The minimum atomic E-state index is -0.475. The number of esters is 1. The van der Waals surface area contributed by atoms with Crippen molar-refractivity contribution in [2.45, 2.75) is 38.1 Å². The van der Waals surface area contributed by atoms with Gasteiger partial charge in [0.2, 0.25) is 5.91 Å². The van der Waals surface area contributed by atoms with Gasteiger partial charge in [-0.3, -0.25) is 4.79 Å². The number of nitriles is 1. The van der Waals surface area contributed by atoms with Crippen LogP contribution in [0.5, 0.6) is 5.75 Å². The molecule has 1 atom stereocenters. The van der Waals surface area contributed by atoms with Crippen molar-refractivity contribution in [2.75, 3.05) is 13.7 Å². The molecule has 0 aliphatic heterocycles. The van der Waals surface area contributed by atoms with E-state index in [-0.39, 0.29) is 12.5 Å². The highest BCUT2D eigenvalue weighted by molar-refractivity contribution is 5.97. The molecule has 2 aromatic carbocycles. The van der Waals surface area contributed by atoms with Gasteiger partial charge in [-0.2, -0.15) is 5.26 Å². The quantitative estimate of drug-likeness (QED) is 0.475. The van der Waals surface area contributed by atoms with Gasteiger partial charge in [0.05, 0.1) is 30.2 Å². The zero-order valence-electron chi connectivity index (χ0n) is 18.0. The summed E-state index contributed by atoms with van der Waals surface area (Å²) in [7, 11) is 1.31. The van der Waals surface area contributed by atoms with Crippen LogP contribution in [0.1, 0.15) is 47.6 Å². The monoisotopic (exact) mass is 431 g/mol. The Balaban J connectivity index is 1.89. The average molecular weight is 431 g/mol. The van der Waals surface area contributed by atoms with Crippen molar-refractivity contribution >= 4 is 22.8 Å². The van der Waals surface area contributed by atoms with Crippen LogP contribution in [0, 0.1) is 11.3 Å². The fourth-order valence-electron chi connectivity index (χ4n) is 4.53. The fraction of sp³-hybridized carbons (Fsp3) is 0.320. The van der Waals surface area contributed by atoms with E-state index in [2.05, 4.69) is 10.6 Å². The molecule has 1 aliphatic carbocycles. The smallest absolute Gasteiger partial charge is 0.343 e. The second kappa shape index (κ2) is 9.15. The summed E-state index contributed by atoms with van der Waals surface area (Å²) in [6.07, 6.45) is 3.37. The summed E-state index contributed by atoms with van der Waals surface area (Å²) < 4.78 is 12.7. The number of fused-ring (bicyclic) bond motifs is 3. The van der Waals surface area contributed by atoms with Crippen molar-refractivity contribution in [1.82, 2.24) is 4.57 Å². The number of ether oxygens (including phenoxy) is 2. The number of hydrogen-bond acceptors (Lipinski definition) is 5. The van der Waals surface area contributed by atoms with Crippen LogP contribution in [-0.2, 0) is 27.3 Å². The standard InChI is InChI=1S/C25H25N3O4/c1-31-22(29)15-32-21-8-4-7-20-24(21)23-18(25(27)30)5-2-3-6-19(23)28(20)14-17-11-9-16(13-26)10-12-17/h4,7-12,18H,2-3,5-6,14-15H2,1H3,(H2,27,30). The molecule has 32 heavy (non-hydrogen) atoms. The number of aromatic nitrogens is 1. The van der Waals surface area contributed by atoms with Crippen molar-refractivity contribution in [3.8, 4) is 11.8 Å². The van der Waals surface area contributed by atoms with Crippen LogP contribution in [0.2, 0.25) is 0 Å². The topological polar surface area (TPSA) is 107 Å². The van der Waals surface area contributed by atoms with Crippen LogP contribution < -0.4 is 10.5 Å². The Bertz CT molecular complexity index is 1200. The van der Waals surface area contributed by atoms with Crippen molar-refractivity contribution in [3.05, 3.63) is 64.8 Å². The summed E-state index contributed by atoms with van der Waals surface area (Å²) >= 11 is 0. The highest BCUT2D eigenvalue weighted by atomic mass is 16.6. The first-order valence-electron chi connectivity index (χ1n) is 10.7. The number of amides is 1. The molecule has 1 unspecified atom stereocenters. The third-order valence-electron chi connectivity index (χ3n) is 6.05. The van der Waals surface area contributed by atoms with Crippen LogP contribution in [-0.4, -0.2) is 30.2 Å². The number of carbonyl (C=O) groups excluding carboxylic acids is 2. The van der Waals surface area contributed by atoms with E-state index in [1.165, 1.54) is 7.11 Å². The largest absolute Gasteiger partial charge is 0.481 e. The van der Waals surface area contributed by atoms with Gasteiger partial charge in [-0.1, -0.05) is 24.6 Å². The summed E-state index contributed by atoms with van der Waals surface area (Å²) in [5, 5.41) is 9.91. The molecule has 1 aliphatic rings. The first-order chi connectivity index (χ1) is 15.5. The number of nitrogens with two attached hydrogens (primary N) is 1. The summed E-state index contributed by atoms with van der Waals surface area (Å²) in [5.74, 6) is -0.708. The molecule has 0 saturated heterocycles. The van der Waals surface area contributed by atoms with Crippen molar-refractivity contribution in [2.24, 2.45) is 5.73 Å². The molecule has 0 saturated carbocycles. The number of carbonyl (C=O) groups is 2. The highest BCUT2D eigenvalue weighted by Crippen LogP contribution is 2.42. The van der Waals surface area contributed by atoms with Gasteiger partial charge in [-0.25, -0.2) is 4.79 Å². The number of methoxy groups -OCH3 is 1. The number of rotatable bonds is 6. The molecule has 2 N–H and O–H groups in total. The highest BCUT2D eigenvalue weighted by Gasteiger charge is 2.31. The Morgan fingerprint density at radius 2 is 1.97 bits per heavy atom. The molecule has 0 radical (unpaired) electrons. The van der Waals surface area contributed by atoms with Crippen LogP contribution in [0.15, 0.2) is 42.5 Å². The van der Waals surface area contributed by atoms with Gasteiger partial charge >= 0.3 is 5.97 Å². The van der Waals surface area contributed by atoms with Crippen LogP contribution in [0.3, 0.4) is 0 Å². The molecule has 1 heterocycles. The molecular formula is C25H25N3O4. The van der Waals surface area contributed by atoms with E-state index in [1.807, 2.05) is 24.3 Å². The van der Waals surface area contributed by atoms with E-state index in [9.17, 15) is 9.59 Å². The van der Waals surface area contributed by atoms with E-state index in [0.717, 1.165) is 47.0 Å². The van der Waals surface area contributed by atoms with Gasteiger partial charge in [0.25, 0.3) is 0 Å². The molecule has 0 bridgehead atoms. The summed E-state index contributed by atoms with van der Waals surface area (Å²) in [4.78, 5) is 24.1. The minimum Gasteiger partial charge on any atom is -0.481 e. The lowest BCUT2D eigenvalue weighted by Crippen LogP contribution is -2.21. The predicted molar refractivity (Wildman–Crippen MR) is 119 cm³/mol. The first kappa shape index (κ1) is 21.4. The lowest BCUT2D eigenvalue weighted by molar-refractivity contribution is -0.142. The molecule has 7 heteroatoms. The number of primary amides is 1. The van der Waals surface area contributed by atoms with Crippen molar-refractivity contribution < 1.29 is 19.1 Å². The molecule has 4 rings (SSSR count). The molecule has 164 valence electrons. The lowest BCUT2D eigenvalue weighted by atomic mass is 9.92. The van der Waals surface area contributed by atoms with E-state index in [0.29, 0.717) is 24.3 Å². The molecule has 7 nitrogen and oxygen atoms in total. The third kappa shape index (κ3) is 4.04. The van der Waals surface area contributed by atoms with Crippen LogP contribution >= 0.6 is 0 Å². The maximum atomic E-state index is 12.4. The Morgan fingerprint density at radius 3 is 2.66 bits per heavy atom. The Hall–Kier alpha value is -3.79. The Labute approximate surface area is 186 Å². The van der Waals surface area contributed by atoms with Gasteiger partial charge in [0.15, 0.2) is 6.61 Å². The van der Waals surface area contributed by atoms with E-state index < -0.39 is 11.9 Å². The zero-order valence-corrected chi connectivity index (χ0v) is 18.0. The summed E-state index contributed by atoms with van der Waals surface area (Å²) in [6, 6.07) is 15.3. The fourth-order valence-corrected chi connectivity index (χ4v) is 4.53. The summed E-state index contributed by atoms with van der Waals surface area (Å²) in [6.45, 7) is 0.371. The lowest BCUT2D eigenvalue weighted by Gasteiger charge is -2.14. The molecule has 3 aromatic rings. The second-order valence-corrected chi connectivity index (χ2v) is 7.97. The number of hydrogen-bond donors (Lipinski definition) is 1. The van der Waals surface area contributed by atoms with Crippen molar-refractivity contribution in [3.63, 3.8) is 0 Å². The molecule has 0 fully saturated rings. The van der Waals surface area contributed by atoms with Crippen LogP contribution in [0.4, 0.5) is 0 Å². The van der Waals surface area contributed by atoms with Gasteiger partial charge in [0, 0.05) is 17.6 Å². The number of nitrogens with zero attached hydrogens (tertiary/aromatic N) is 2. The van der Waals surface area contributed by atoms with Crippen molar-refractivity contribution in [1.29, 1.82) is 5.26 Å². The maximum absolute atomic E-state index is 12.4. The third-order valence-corrected chi connectivity index (χ3v) is 6.05. The van der Waals surface area contributed by atoms with Gasteiger partial charge in [0.1, 0.15) is 5.75 Å². The Kier molecular flexibility index (Phi) is 6.13. The second-order valence-electron chi connectivity index (χ2n) is 7.97. The van der Waals surface area contributed by atoms with Gasteiger partial charge in [-0.15, -0.1) is 0 Å². The van der Waals surface area contributed by atoms with Crippen LogP contribution in [0.25, 0.3) is 10.9 Å². The maximum Gasteiger partial charge on any atom is 0.343 e. The normalized spacial score (nSPS) is 15.4. The summed E-state index contributed by atoms with van der Waals surface area (Å²) in [5.41, 5.74) is 10.4. The SMILES string of the molecule is COC(=O)COc1cccc2c1c1c(n2Cc2ccc(C#N)cc2)CCCCC1C(N)=O. The van der Waals surface area contributed by atoms with Gasteiger partial charge in [-0.05, 0) is 54.7 Å². The molecule has 0 spiro atoms. The van der Waals surface area contributed by atoms with Gasteiger partial charge < -0.3 is 19.8 Å². The molecule has 1 amide bonds. The van der Waals surface area contributed by atoms with E-state index >= 15 is 0 Å². The van der Waals surface area contributed by atoms with E-state index in [4.69, 9.17) is 20.5 Å². The molecular weight excluding hydrogens is 406 g/mol. The number of benzene rings is 2. The Morgan fingerprint density at radius 1 is 1.19 bits per heavy atom. The molecule has 1 aromatic heterocycles. The first-order valence-corrected chi connectivity index (χ1v) is 10.7. The average Bonchev–Trinajstić information content (AvgIpc) is 2.96. The van der Waals surface area contributed by atoms with E-state index in [1.54, 1.807) is 18.2 Å².